The number of esters is 1. The van der Waals surface area contributed by atoms with Crippen molar-refractivity contribution in [3.05, 3.63) is 0 Å². The summed E-state index contributed by atoms with van der Waals surface area (Å²) in [5.41, 5.74) is -0.497. The van der Waals surface area contributed by atoms with Gasteiger partial charge in [-0.2, -0.15) is 17.0 Å². The number of rotatable bonds is 3. The molecule has 0 N–H and O–H groups in total. The maximum atomic E-state index is 12.8. The molecule has 0 radical (unpaired) electrons. The van der Waals surface area contributed by atoms with E-state index in [4.69, 9.17) is 4.74 Å². The number of piperidine rings is 2. The van der Waals surface area contributed by atoms with Crippen molar-refractivity contribution in [2.45, 2.75) is 71.4 Å². The van der Waals surface area contributed by atoms with Crippen LogP contribution in [-0.2, 0) is 19.7 Å². The van der Waals surface area contributed by atoms with Gasteiger partial charge in [0.25, 0.3) is 10.2 Å². The predicted molar refractivity (Wildman–Crippen MR) is 89.1 cm³/mol. The Labute approximate surface area is 140 Å². The first-order chi connectivity index (χ1) is 10.6. The highest BCUT2D eigenvalue weighted by Gasteiger charge is 2.38. The molecule has 2 rings (SSSR count). The van der Waals surface area contributed by atoms with Gasteiger partial charge in [0, 0.05) is 25.7 Å². The van der Waals surface area contributed by atoms with Crippen LogP contribution in [0.3, 0.4) is 0 Å². The fourth-order valence-corrected chi connectivity index (χ4v) is 5.16. The number of carbonyl (C=O) groups is 1. The molecule has 0 aromatic carbocycles. The number of hydrogen-bond donors (Lipinski definition) is 0. The third-order valence-electron chi connectivity index (χ3n) is 4.56. The van der Waals surface area contributed by atoms with Crippen molar-refractivity contribution in [2.24, 2.45) is 5.92 Å². The van der Waals surface area contributed by atoms with Gasteiger partial charge in [0.15, 0.2) is 0 Å². The van der Waals surface area contributed by atoms with E-state index in [1.807, 2.05) is 27.7 Å². The monoisotopic (exact) mass is 346 g/mol. The molecule has 134 valence electrons. The quantitative estimate of drug-likeness (QED) is 0.735. The molecule has 0 unspecified atom stereocenters. The second-order valence-corrected chi connectivity index (χ2v) is 9.55. The van der Waals surface area contributed by atoms with Crippen LogP contribution < -0.4 is 0 Å². The molecule has 2 saturated heterocycles. The Hall–Kier alpha value is -0.660. The molecule has 0 amide bonds. The Morgan fingerprint density at radius 3 is 2.17 bits per heavy atom. The Morgan fingerprint density at radius 2 is 1.65 bits per heavy atom. The minimum absolute atomic E-state index is 0.0670. The number of hydrogen-bond acceptors (Lipinski definition) is 4. The zero-order valence-corrected chi connectivity index (χ0v) is 15.6. The average Bonchev–Trinajstić information content (AvgIpc) is 2.46. The molecule has 0 aromatic heterocycles. The second-order valence-electron chi connectivity index (χ2n) is 7.67. The molecule has 0 aliphatic carbocycles. The first kappa shape index (κ1) is 18.7. The van der Waals surface area contributed by atoms with Gasteiger partial charge in [0.2, 0.25) is 0 Å². The number of nitrogens with zero attached hydrogens (tertiary/aromatic N) is 2. The maximum Gasteiger partial charge on any atom is 0.309 e. The van der Waals surface area contributed by atoms with Crippen LogP contribution in [-0.4, -0.2) is 54.3 Å². The van der Waals surface area contributed by atoms with Gasteiger partial charge in [-0.25, -0.2) is 0 Å². The summed E-state index contributed by atoms with van der Waals surface area (Å²) >= 11 is 0. The summed E-state index contributed by atoms with van der Waals surface area (Å²) in [5, 5.41) is 0. The van der Waals surface area contributed by atoms with Crippen molar-refractivity contribution in [3.8, 4) is 0 Å². The van der Waals surface area contributed by atoms with Crippen LogP contribution in [0.15, 0.2) is 0 Å². The molecular weight excluding hydrogens is 316 g/mol. The summed E-state index contributed by atoms with van der Waals surface area (Å²) < 4.78 is 34.2. The van der Waals surface area contributed by atoms with E-state index in [1.54, 1.807) is 4.31 Å². The molecule has 0 aromatic rings. The minimum atomic E-state index is -3.40. The third kappa shape index (κ3) is 4.67. The first-order valence-corrected chi connectivity index (χ1v) is 10.0. The fourth-order valence-electron chi connectivity index (χ4n) is 3.27. The lowest BCUT2D eigenvalue weighted by Crippen LogP contribution is -2.52. The van der Waals surface area contributed by atoms with E-state index in [2.05, 4.69) is 0 Å². The molecule has 23 heavy (non-hydrogen) atoms. The lowest BCUT2D eigenvalue weighted by molar-refractivity contribution is -0.161. The van der Waals surface area contributed by atoms with E-state index in [-0.39, 0.29) is 17.9 Å². The summed E-state index contributed by atoms with van der Waals surface area (Å²) in [6.45, 7) is 8.93. The summed E-state index contributed by atoms with van der Waals surface area (Å²) in [7, 11) is -3.40. The van der Waals surface area contributed by atoms with Crippen molar-refractivity contribution in [1.29, 1.82) is 0 Å². The van der Waals surface area contributed by atoms with Gasteiger partial charge in [0.05, 0.1) is 5.92 Å². The van der Waals surface area contributed by atoms with E-state index in [1.165, 1.54) is 4.31 Å². The molecule has 0 bridgehead atoms. The zero-order valence-electron chi connectivity index (χ0n) is 14.7. The Balaban J connectivity index is 1.94. The molecule has 7 heteroatoms. The SMILES string of the molecule is C[C@H]1CCCCN1S(=O)(=O)N1CCC(C(=O)OC(C)(C)C)CC1. The Kier molecular flexibility index (Phi) is 5.74. The van der Waals surface area contributed by atoms with E-state index in [9.17, 15) is 13.2 Å². The summed E-state index contributed by atoms with van der Waals surface area (Å²) in [4.78, 5) is 12.1. The van der Waals surface area contributed by atoms with Crippen molar-refractivity contribution >= 4 is 16.2 Å². The smallest absolute Gasteiger partial charge is 0.309 e. The van der Waals surface area contributed by atoms with Crippen molar-refractivity contribution < 1.29 is 17.9 Å². The second kappa shape index (κ2) is 7.07. The van der Waals surface area contributed by atoms with Crippen LogP contribution in [0.4, 0.5) is 0 Å². The predicted octanol–water partition coefficient (Wildman–Crippen LogP) is 2.16. The standard InChI is InChI=1S/C16H30N2O4S/c1-13-7-5-6-10-18(13)23(20,21)17-11-8-14(9-12-17)15(19)22-16(2,3)4/h13-14H,5-12H2,1-4H3/t13-/m0/s1. The molecular formula is C16H30N2O4S. The van der Waals surface area contributed by atoms with Gasteiger partial charge in [-0.15, -0.1) is 0 Å². The van der Waals surface area contributed by atoms with Gasteiger partial charge < -0.3 is 4.74 Å². The highest BCUT2D eigenvalue weighted by Crippen LogP contribution is 2.27. The molecule has 0 spiro atoms. The van der Waals surface area contributed by atoms with Crippen LogP contribution in [0, 0.1) is 5.92 Å². The van der Waals surface area contributed by atoms with Crippen LogP contribution >= 0.6 is 0 Å². The molecule has 2 heterocycles. The maximum absolute atomic E-state index is 12.8. The van der Waals surface area contributed by atoms with Crippen molar-refractivity contribution in [2.75, 3.05) is 19.6 Å². The summed E-state index contributed by atoms with van der Waals surface area (Å²) in [6, 6.07) is 0.0670. The van der Waals surface area contributed by atoms with E-state index in [0.717, 1.165) is 19.3 Å². The van der Waals surface area contributed by atoms with Crippen LogP contribution in [0.5, 0.6) is 0 Å². The van der Waals surface area contributed by atoms with Crippen LogP contribution in [0.1, 0.15) is 59.8 Å². The van der Waals surface area contributed by atoms with Gasteiger partial charge in [-0.05, 0) is 53.4 Å². The number of ether oxygens (including phenoxy) is 1. The lowest BCUT2D eigenvalue weighted by Gasteiger charge is -2.38. The topological polar surface area (TPSA) is 66.9 Å². The van der Waals surface area contributed by atoms with Crippen LogP contribution in [0.2, 0.25) is 0 Å². The Bertz CT molecular complexity index is 519. The largest absolute Gasteiger partial charge is 0.460 e. The molecule has 1 atom stereocenters. The summed E-state index contributed by atoms with van der Waals surface area (Å²) in [6.07, 6.45) is 4.02. The van der Waals surface area contributed by atoms with E-state index in [0.29, 0.717) is 32.5 Å². The van der Waals surface area contributed by atoms with Gasteiger partial charge in [-0.1, -0.05) is 6.42 Å². The highest BCUT2D eigenvalue weighted by atomic mass is 32.2. The molecule has 2 fully saturated rings. The van der Waals surface area contributed by atoms with Crippen molar-refractivity contribution in [1.82, 2.24) is 8.61 Å². The summed E-state index contributed by atoms with van der Waals surface area (Å²) in [5.74, 6) is -0.402. The molecule has 0 saturated carbocycles. The molecule has 6 nitrogen and oxygen atoms in total. The van der Waals surface area contributed by atoms with Gasteiger partial charge >= 0.3 is 5.97 Å². The average molecular weight is 346 g/mol. The third-order valence-corrected chi connectivity index (χ3v) is 6.71. The number of carbonyl (C=O) groups excluding carboxylic acids is 1. The molecule has 2 aliphatic heterocycles. The first-order valence-electron chi connectivity index (χ1n) is 8.61. The van der Waals surface area contributed by atoms with Gasteiger partial charge in [-0.3, -0.25) is 4.79 Å². The molecule has 2 aliphatic rings. The normalized spacial score (nSPS) is 26.2. The van der Waals surface area contributed by atoms with Gasteiger partial charge in [0.1, 0.15) is 5.60 Å². The Morgan fingerprint density at radius 1 is 1.04 bits per heavy atom. The van der Waals surface area contributed by atoms with Crippen LogP contribution in [0.25, 0.3) is 0 Å². The van der Waals surface area contributed by atoms with Crippen molar-refractivity contribution in [3.63, 3.8) is 0 Å². The van der Waals surface area contributed by atoms with E-state index < -0.39 is 15.8 Å². The lowest BCUT2D eigenvalue weighted by atomic mass is 9.98. The fraction of sp³-hybridized carbons (Fsp3) is 0.938. The zero-order chi connectivity index (χ0) is 17.3. The van der Waals surface area contributed by atoms with E-state index >= 15 is 0 Å². The minimum Gasteiger partial charge on any atom is -0.460 e. The highest BCUT2D eigenvalue weighted by molar-refractivity contribution is 7.86.